The first kappa shape index (κ1) is 22.2. The highest BCUT2D eigenvalue weighted by molar-refractivity contribution is 8.26. The van der Waals surface area contributed by atoms with Crippen LogP contribution in [0.1, 0.15) is 23.1 Å². The van der Waals surface area contributed by atoms with Crippen LogP contribution in [0.2, 0.25) is 0 Å². The van der Waals surface area contributed by atoms with E-state index in [9.17, 15) is 4.79 Å². The smallest absolute Gasteiger partial charge is 0.265 e. The molecule has 7 heteroatoms. The maximum Gasteiger partial charge on any atom is 0.265 e. The van der Waals surface area contributed by atoms with Gasteiger partial charge in [-0.2, -0.15) is 0 Å². The summed E-state index contributed by atoms with van der Waals surface area (Å²) in [5.41, 5.74) is 3.32. The largest absolute Gasteiger partial charge is 0.493 e. The summed E-state index contributed by atoms with van der Waals surface area (Å²) in [7, 11) is 3.28. The average Bonchev–Trinajstić information content (AvgIpc) is 2.97. The van der Waals surface area contributed by atoms with Crippen LogP contribution in [-0.4, -0.2) is 42.5 Å². The Labute approximate surface area is 187 Å². The second kappa shape index (κ2) is 10.00. The van der Waals surface area contributed by atoms with Crippen molar-refractivity contribution in [2.24, 2.45) is 0 Å². The SMILES string of the molecule is COc1cc(/C=C2/SC(=S)N(C)C2=O)ccc1OCCCOc1ccc(C)c(C)c1. The molecule has 0 unspecified atom stereocenters. The van der Waals surface area contributed by atoms with E-state index in [-0.39, 0.29) is 5.91 Å². The summed E-state index contributed by atoms with van der Waals surface area (Å²) in [6.07, 6.45) is 2.56. The topological polar surface area (TPSA) is 48.0 Å². The van der Waals surface area contributed by atoms with Crippen LogP contribution in [0.5, 0.6) is 17.2 Å². The summed E-state index contributed by atoms with van der Waals surface area (Å²) in [5, 5.41) is 0. The van der Waals surface area contributed by atoms with E-state index in [0.717, 1.165) is 17.7 Å². The van der Waals surface area contributed by atoms with Crippen molar-refractivity contribution in [3.63, 3.8) is 0 Å². The molecule has 1 aliphatic rings. The second-order valence-electron chi connectivity index (χ2n) is 6.95. The van der Waals surface area contributed by atoms with Crippen LogP contribution in [0.25, 0.3) is 6.08 Å². The molecular formula is C23H25NO4S2. The van der Waals surface area contributed by atoms with Crippen molar-refractivity contribution >= 4 is 40.3 Å². The van der Waals surface area contributed by atoms with Gasteiger partial charge >= 0.3 is 0 Å². The van der Waals surface area contributed by atoms with Crippen molar-refractivity contribution in [3.05, 3.63) is 58.0 Å². The Kier molecular flexibility index (Phi) is 7.39. The number of ether oxygens (including phenoxy) is 3. The Morgan fingerprint density at radius 1 is 1.03 bits per heavy atom. The van der Waals surface area contributed by atoms with Crippen molar-refractivity contribution in [1.82, 2.24) is 4.90 Å². The van der Waals surface area contributed by atoms with E-state index in [2.05, 4.69) is 19.9 Å². The molecular weight excluding hydrogens is 418 g/mol. The van der Waals surface area contributed by atoms with Crippen LogP contribution in [0, 0.1) is 13.8 Å². The van der Waals surface area contributed by atoms with Gasteiger partial charge in [0.1, 0.15) is 10.1 Å². The van der Waals surface area contributed by atoms with Gasteiger partial charge in [-0.3, -0.25) is 9.69 Å². The molecule has 1 amide bonds. The standard InChI is InChI=1S/C23H25NO4S2/c1-15-6-8-18(12-16(15)2)27-10-5-11-28-19-9-7-17(13-20(19)26-4)14-21-22(25)24(3)23(29)30-21/h6-9,12-14H,5,10-11H2,1-4H3/b21-14+. The lowest BCUT2D eigenvalue weighted by Gasteiger charge is -2.12. The minimum atomic E-state index is -0.0898. The lowest BCUT2D eigenvalue weighted by Crippen LogP contribution is -2.22. The molecule has 1 fully saturated rings. The second-order valence-corrected chi connectivity index (χ2v) is 8.62. The summed E-state index contributed by atoms with van der Waals surface area (Å²) >= 11 is 6.46. The number of hydrogen-bond donors (Lipinski definition) is 0. The maximum atomic E-state index is 12.2. The average molecular weight is 444 g/mol. The highest BCUT2D eigenvalue weighted by Crippen LogP contribution is 2.34. The number of thioether (sulfide) groups is 1. The van der Waals surface area contributed by atoms with E-state index in [0.29, 0.717) is 33.9 Å². The molecule has 5 nitrogen and oxygen atoms in total. The molecule has 0 bridgehead atoms. The first-order valence-corrected chi connectivity index (χ1v) is 10.8. The number of carbonyl (C=O) groups is 1. The Morgan fingerprint density at radius 2 is 1.80 bits per heavy atom. The zero-order valence-electron chi connectivity index (χ0n) is 17.6. The van der Waals surface area contributed by atoms with Crippen LogP contribution >= 0.6 is 24.0 Å². The van der Waals surface area contributed by atoms with Crippen molar-refractivity contribution in [2.75, 3.05) is 27.4 Å². The molecule has 0 saturated carbocycles. The first-order chi connectivity index (χ1) is 14.4. The lowest BCUT2D eigenvalue weighted by atomic mass is 10.1. The van der Waals surface area contributed by atoms with E-state index >= 15 is 0 Å². The molecule has 2 aromatic rings. The van der Waals surface area contributed by atoms with Gasteiger partial charge in [-0.05, 0) is 60.9 Å². The van der Waals surface area contributed by atoms with Crippen LogP contribution in [0.4, 0.5) is 0 Å². The first-order valence-electron chi connectivity index (χ1n) is 9.61. The number of nitrogens with zero attached hydrogens (tertiary/aromatic N) is 1. The van der Waals surface area contributed by atoms with Crippen LogP contribution < -0.4 is 14.2 Å². The van der Waals surface area contributed by atoms with E-state index in [1.165, 1.54) is 27.8 Å². The molecule has 0 aromatic heterocycles. The van der Waals surface area contributed by atoms with Crippen molar-refractivity contribution in [3.8, 4) is 17.2 Å². The van der Waals surface area contributed by atoms with Crippen molar-refractivity contribution in [1.29, 1.82) is 0 Å². The number of aryl methyl sites for hydroxylation is 2. The highest BCUT2D eigenvalue weighted by Gasteiger charge is 2.28. The van der Waals surface area contributed by atoms with E-state index in [1.807, 2.05) is 36.4 Å². The monoisotopic (exact) mass is 443 g/mol. The van der Waals surface area contributed by atoms with Crippen LogP contribution in [-0.2, 0) is 4.79 Å². The van der Waals surface area contributed by atoms with Crippen LogP contribution in [0.15, 0.2) is 41.3 Å². The molecule has 30 heavy (non-hydrogen) atoms. The van der Waals surface area contributed by atoms with Gasteiger partial charge in [-0.25, -0.2) is 0 Å². The van der Waals surface area contributed by atoms with Gasteiger partial charge in [-0.15, -0.1) is 0 Å². The van der Waals surface area contributed by atoms with Gasteiger partial charge in [0.05, 0.1) is 25.2 Å². The number of thiocarbonyl (C=S) groups is 1. The number of carbonyl (C=O) groups excluding carboxylic acids is 1. The van der Waals surface area contributed by atoms with E-state index < -0.39 is 0 Å². The number of likely N-dealkylation sites (N-methyl/N-ethyl adjacent to an activating group) is 1. The fourth-order valence-electron chi connectivity index (χ4n) is 2.82. The third kappa shape index (κ3) is 5.34. The molecule has 0 atom stereocenters. The molecule has 0 aliphatic carbocycles. The Hall–Kier alpha value is -2.51. The van der Waals surface area contributed by atoms with Gasteiger partial charge in [0.25, 0.3) is 5.91 Å². The lowest BCUT2D eigenvalue weighted by molar-refractivity contribution is -0.121. The normalized spacial score (nSPS) is 15.1. The predicted octanol–water partition coefficient (Wildman–Crippen LogP) is 4.99. The molecule has 0 spiro atoms. The minimum Gasteiger partial charge on any atom is -0.493 e. The quantitative estimate of drug-likeness (QED) is 0.325. The Bertz CT molecular complexity index is 987. The zero-order chi connectivity index (χ0) is 21.7. The van der Waals surface area contributed by atoms with Gasteiger partial charge in [0, 0.05) is 13.5 Å². The molecule has 0 N–H and O–H groups in total. The van der Waals surface area contributed by atoms with Gasteiger partial charge in [-0.1, -0.05) is 36.1 Å². The van der Waals surface area contributed by atoms with Crippen molar-refractivity contribution in [2.45, 2.75) is 20.3 Å². The molecule has 1 heterocycles. The van der Waals surface area contributed by atoms with Gasteiger partial charge in [0.2, 0.25) is 0 Å². The van der Waals surface area contributed by atoms with E-state index in [4.69, 9.17) is 26.4 Å². The van der Waals surface area contributed by atoms with Crippen LogP contribution in [0.3, 0.4) is 0 Å². The third-order valence-corrected chi connectivity index (χ3v) is 6.25. The molecule has 1 saturated heterocycles. The van der Waals surface area contributed by atoms with Crippen molar-refractivity contribution < 1.29 is 19.0 Å². The summed E-state index contributed by atoms with van der Waals surface area (Å²) in [5.74, 6) is 2.06. The fraction of sp³-hybridized carbons (Fsp3) is 0.304. The van der Waals surface area contributed by atoms with Gasteiger partial charge < -0.3 is 14.2 Å². The summed E-state index contributed by atoms with van der Waals surface area (Å²) in [4.78, 5) is 14.2. The molecule has 158 valence electrons. The number of methoxy groups -OCH3 is 1. The minimum absolute atomic E-state index is 0.0898. The predicted molar refractivity (Wildman–Crippen MR) is 125 cm³/mol. The summed E-state index contributed by atoms with van der Waals surface area (Å²) in [6, 6.07) is 11.7. The zero-order valence-corrected chi connectivity index (χ0v) is 19.2. The van der Waals surface area contributed by atoms with Gasteiger partial charge in [0.15, 0.2) is 11.5 Å². The number of amides is 1. The molecule has 1 aliphatic heterocycles. The molecule has 3 rings (SSSR count). The number of hydrogen-bond acceptors (Lipinski definition) is 6. The Morgan fingerprint density at radius 3 is 2.47 bits per heavy atom. The third-order valence-electron chi connectivity index (χ3n) is 4.77. The number of benzene rings is 2. The maximum absolute atomic E-state index is 12.2. The fourth-order valence-corrected chi connectivity index (χ4v) is 4.00. The summed E-state index contributed by atoms with van der Waals surface area (Å²) in [6.45, 7) is 5.24. The number of rotatable bonds is 8. The Balaban J connectivity index is 1.54. The summed E-state index contributed by atoms with van der Waals surface area (Å²) < 4.78 is 17.7. The molecule has 2 aromatic carbocycles. The molecule has 0 radical (unpaired) electrons. The van der Waals surface area contributed by atoms with E-state index in [1.54, 1.807) is 14.2 Å². The highest BCUT2D eigenvalue weighted by atomic mass is 32.2.